The second-order valence-corrected chi connectivity index (χ2v) is 6.92. The van der Waals surface area contributed by atoms with E-state index in [1.807, 2.05) is 30.0 Å². The smallest absolute Gasteiger partial charge is 0.245 e. The Morgan fingerprint density at radius 1 is 1.21 bits per heavy atom. The molecule has 2 amide bonds. The number of carbonyl (C=O) groups is 2. The molecule has 0 saturated carbocycles. The Hall–Kier alpha value is -1.88. The van der Waals surface area contributed by atoms with Crippen molar-refractivity contribution in [1.82, 2.24) is 9.80 Å². The largest absolute Gasteiger partial charge is 0.339 e. The maximum Gasteiger partial charge on any atom is 0.245 e. The van der Waals surface area contributed by atoms with Gasteiger partial charge in [-0.3, -0.25) is 9.59 Å². The molecule has 130 valence electrons. The van der Waals surface area contributed by atoms with Gasteiger partial charge in [0.25, 0.3) is 0 Å². The van der Waals surface area contributed by atoms with E-state index < -0.39 is 0 Å². The lowest BCUT2D eigenvalue weighted by Gasteiger charge is -2.28. The van der Waals surface area contributed by atoms with Crippen molar-refractivity contribution < 1.29 is 9.59 Å². The normalized spacial score (nSPS) is 26.8. The van der Waals surface area contributed by atoms with Gasteiger partial charge in [-0.05, 0) is 24.8 Å². The average Bonchev–Trinajstić information content (AvgIpc) is 3.22. The summed E-state index contributed by atoms with van der Waals surface area (Å²) < 4.78 is 0. The maximum absolute atomic E-state index is 13.0. The van der Waals surface area contributed by atoms with Crippen molar-refractivity contribution in [1.29, 1.82) is 0 Å². The van der Waals surface area contributed by atoms with Crippen LogP contribution in [0.5, 0.6) is 0 Å². The molecule has 2 heterocycles. The molecule has 2 aliphatic rings. The molecule has 3 atom stereocenters. The van der Waals surface area contributed by atoms with E-state index in [0.29, 0.717) is 26.1 Å². The number of nitrogens with zero attached hydrogens (tertiary/aromatic N) is 2. The van der Waals surface area contributed by atoms with E-state index in [2.05, 4.69) is 12.1 Å². The number of hydrogen-bond donors (Lipinski definition) is 1. The molecule has 2 saturated heterocycles. The van der Waals surface area contributed by atoms with Crippen LogP contribution in [-0.4, -0.2) is 53.3 Å². The van der Waals surface area contributed by atoms with Crippen molar-refractivity contribution in [2.45, 2.75) is 50.6 Å². The average molecular weight is 329 g/mol. The van der Waals surface area contributed by atoms with E-state index >= 15 is 0 Å². The molecule has 2 aliphatic heterocycles. The first-order valence-electron chi connectivity index (χ1n) is 9.00. The first-order chi connectivity index (χ1) is 11.6. The fourth-order valence-corrected chi connectivity index (χ4v) is 3.95. The van der Waals surface area contributed by atoms with E-state index in [4.69, 9.17) is 5.73 Å². The third kappa shape index (κ3) is 3.31. The van der Waals surface area contributed by atoms with Crippen molar-refractivity contribution in [2.24, 2.45) is 5.73 Å². The molecule has 0 spiro atoms. The molecule has 1 aromatic carbocycles. The zero-order valence-electron chi connectivity index (χ0n) is 14.4. The van der Waals surface area contributed by atoms with E-state index in [1.54, 1.807) is 4.90 Å². The number of carbonyl (C=O) groups excluding carboxylic acids is 2. The Morgan fingerprint density at radius 2 is 1.96 bits per heavy atom. The first-order valence-corrected chi connectivity index (χ1v) is 9.00. The number of hydrogen-bond acceptors (Lipinski definition) is 3. The number of amides is 2. The van der Waals surface area contributed by atoms with E-state index in [-0.39, 0.29) is 29.8 Å². The standard InChI is InChI=1S/C19H27N3O2/c1-2-7-18(23)22-11-6-10-17(22)19(24)21-12-15(16(20)13-21)14-8-4-3-5-9-14/h3-5,8-9,15-17H,2,6-7,10-13,20H2,1H3/t15-,16+,17?/m0/s1. The Balaban J connectivity index is 1.68. The molecule has 2 N–H and O–H groups in total. The lowest BCUT2D eigenvalue weighted by molar-refractivity contribution is -0.143. The highest BCUT2D eigenvalue weighted by Gasteiger charge is 2.40. The van der Waals surface area contributed by atoms with Crippen molar-refractivity contribution in [3.05, 3.63) is 35.9 Å². The quantitative estimate of drug-likeness (QED) is 0.915. The topological polar surface area (TPSA) is 66.6 Å². The van der Waals surface area contributed by atoms with Crippen molar-refractivity contribution in [3.63, 3.8) is 0 Å². The minimum Gasteiger partial charge on any atom is -0.339 e. The van der Waals surface area contributed by atoms with Gasteiger partial charge in [-0.25, -0.2) is 0 Å². The molecule has 5 heteroatoms. The number of rotatable bonds is 4. The summed E-state index contributed by atoms with van der Waals surface area (Å²) >= 11 is 0. The van der Waals surface area contributed by atoms with Gasteiger partial charge >= 0.3 is 0 Å². The lowest BCUT2D eigenvalue weighted by Crippen LogP contribution is -2.47. The molecule has 2 fully saturated rings. The summed E-state index contributed by atoms with van der Waals surface area (Å²) in [6, 6.07) is 9.82. The van der Waals surface area contributed by atoms with Crippen LogP contribution in [0.2, 0.25) is 0 Å². The molecular formula is C19H27N3O2. The van der Waals surface area contributed by atoms with Gasteiger partial charge in [0.2, 0.25) is 11.8 Å². The zero-order valence-corrected chi connectivity index (χ0v) is 14.4. The van der Waals surface area contributed by atoms with E-state index in [9.17, 15) is 9.59 Å². The Kier molecular flexibility index (Phi) is 5.19. The van der Waals surface area contributed by atoms with E-state index in [1.165, 1.54) is 5.56 Å². The predicted octanol–water partition coefficient (Wildman–Crippen LogP) is 1.73. The van der Waals surface area contributed by atoms with Gasteiger partial charge in [-0.1, -0.05) is 37.3 Å². The number of nitrogens with two attached hydrogens (primary N) is 1. The zero-order chi connectivity index (χ0) is 17.1. The first kappa shape index (κ1) is 17.0. The molecule has 1 unspecified atom stereocenters. The van der Waals surface area contributed by atoms with Gasteiger partial charge < -0.3 is 15.5 Å². The highest BCUT2D eigenvalue weighted by molar-refractivity contribution is 5.88. The number of benzene rings is 1. The van der Waals surface area contributed by atoms with Crippen LogP contribution in [0.3, 0.4) is 0 Å². The molecule has 0 aromatic heterocycles. The third-order valence-corrected chi connectivity index (χ3v) is 5.23. The maximum atomic E-state index is 13.0. The number of likely N-dealkylation sites (tertiary alicyclic amines) is 2. The molecule has 0 radical (unpaired) electrons. The monoisotopic (exact) mass is 329 g/mol. The second-order valence-electron chi connectivity index (χ2n) is 6.92. The van der Waals surface area contributed by atoms with Gasteiger partial charge in [-0.2, -0.15) is 0 Å². The highest BCUT2D eigenvalue weighted by Crippen LogP contribution is 2.29. The van der Waals surface area contributed by atoms with Crippen LogP contribution in [0.15, 0.2) is 30.3 Å². The van der Waals surface area contributed by atoms with Gasteiger partial charge in [0, 0.05) is 38.0 Å². The van der Waals surface area contributed by atoms with Gasteiger partial charge in [0.05, 0.1) is 0 Å². The Labute approximate surface area is 143 Å². The molecule has 24 heavy (non-hydrogen) atoms. The van der Waals surface area contributed by atoms with Crippen LogP contribution >= 0.6 is 0 Å². The third-order valence-electron chi connectivity index (χ3n) is 5.23. The molecular weight excluding hydrogens is 302 g/mol. The minimum atomic E-state index is -0.286. The van der Waals surface area contributed by atoms with Crippen LogP contribution in [-0.2, 0) is 9.59 Å². The van der Waals surface area contributed by atoms with Gasteiger partial charge in [0.1, 0.15) is 6.04 Å². The molecule has 1 aromatic rings. The summed E-state index contributed by atoms with van der Waals surface area (Å²) in [6.45, 7) is 3.92. The van der Waals surface area contributed by atoms with Crippen molar-refractivity contribution >= 4 is 11.8 Å². The SMILES string of the molecule is CCCC(=O)N1CCCC1C(=O)N1C[C@@H](N)[C@H](c2ccccc2)C1. The van der Waals surface area contributed by atoms with Crippen LogP contribution in [0, 0.1) is 0 Å². The molecule has 0 aliphatic carbocycles. The fraction of sp³-hybridized carbons (Fsp3) is 0.579. The second kappa shape index (κ2) is 7.34. The molecule has 5 nitrogen and oxygen atoms in total. The molecule has 3 rings (SSSR count). The van der Waals surface area contributed by atoms with Gasteiger partial charge in [-0.15, -0.1) is 0 Å². The van der Waals surface area contributed by atoms with Crippen molar-refractivity contribution in [2.75, 3.05) is 19.6 Å². The Bertz CT molecular complexity index is 590. The van der Waals surface area contributed by atoms with Gasteiger partial charge in [0.15, 0.2) is 0 Å². The fourth-order valence-electron chi connectivity index (χ4n) is 3.95. The molecule has 0 bridgehead atoms. The summed E-state index contributed by atoms with van der Waals surface area (Å²) in [7, 11) is 0. The lowest BCUT2D eigenvalue weighted by atomic mass is 9.95. The summed E-state index contributed by atoms with van der Waals surface area (Å²) in [4.78, 5) is 28.9. The summed E-state index contributed by atoms with van der Waals surface area (Å²) in [5.41, 5.74) is 7.49. The van der Waals surface area contributed by atoms with Crippen LogP contribution in [0.1, 0.15) is 44.1 Å². The van der Waals surface area contributed by atoms with Crippen LogP contribution in [0.25, 0.3) is 0 Å². The van der Waals surface area contributed by atoms with E-state index in [0.717, 1.165) is 19.3 Å². The van der Waals surface area contributed by atoms with Crippen molar-refractivity contribution in [3.8, 4) is 0 Å². The summed E-state index contributed by atoms with van der Waals surface area (Å²) in [6.07, 6.45) is 3.03. The minimum absolute atomic E-state index is 0.0439. The predicted molar refractivity (Wildman–Crippen MR) is 93.4 cm³/mol. The van der Waals surface area contributed by atoms with Crippen LogP contribution < -0.4 is 5.73 Å². The summed E-state index contributed by atoms with van der Waals surface area (Å²) in [5, 5.41) is 0. The highest BCUT2D eigenvalue weighted by atomic mass is 16.2. The van der Waals surface area contributed by atoms with Crippen LogP contribution in [0.4, 0.5) is 0 Å². The summed E-state index contributed by atoms with van der Waals surface area (Å²) in [5.74, 6) is 0.360. The Morgan fingerprint density at radius 3 is 2.67 bits per heavy atom.